The molecule has 25 heavy (non-hydrogen) atoms. The predicted octanol–water partition coefficient (Wildman–Crippen LogP) is 2.57. The molecule has 1 amide bonds. The molecule has 134 valence electrons. The van der Waals surface area contributed by atoms with Crippen LogP contribution in [-0.4, -0.2) is 40.2 Å². The minimum Gasteiger partial charge on any atom is -0.333 e. The third-order valence-corrected chi connectivity index (χ3v) is 4.94. The molecule has 0 aliphatic carbocycles. The summed E-state index contributed by atoms with van der Waals surface area (Å²) in [5.41, 5.74) is 2.51. The number of halogens is 2. The zero-order chi connectivity index (χ0) is 16.5. The fraction of sp³-hybridized carbons (Fsp3) is 0.444. The molecule has 4 rings (SSSR count). The molecule has 3 heterocycles. The summed E-state index contributed by atoms with van der Waals surface area (Å²) in [5, 5.41) is 7.87. The van der Waals surface area contributed by atoms with Crippen molar-refractivity contribution in [2.75, 3.05) is 19.6 Å². The van der Waals surface area contributed by atoms with Gasteiger partial charge in [0.2, 0.25) is 0 Å². The summed E-state index contributed by atoms with van der Waals surface area (Å²) in [6.07, 6.45) is 4.81. The van der Waals surface area contributed by atoms with Crippen LogP contribution in [0.4, 0.5) is 4.39 Å². The minimum absolute atomic E-state index is 0. The number of hydrogen-bond donors (Lipinski definition) is 1. The highest BCUT2D eigenvalue weighted by Crippen LogP contribution is 2.22. The van der Waals surface area contributed by atoms with Crippen LogP contribution in [0.5, 0.6) is 0 Å². The third kappa shape index (κ3) is 3.70. The Morgan fingerprint density at radius 1 is 1.28 bits per heavy atom. The maximum atomic E-state index is 13.3. The minimum atomic E-state index is -0.214. The van der Waals surface area contributed by atoms with Gasteiger partial charge in [0.05, 0.1) is 6.04 Å². The number of carbonyl (C=O) groups is 1. The predicted molar refractivity (Wildman–Crippen MR) is 95.5 cm³/mol. The van der Waals surface area contributed by atoms with Gasteiger partial charge in [0.25, 0.3) is 5.91 Å². The van der Waals surface area contributed by atoms with Crippen LogP contribution < -0.4 is 5.32 Å². The molecule has 1 saturated heterocycles. The van der Waals surface area contributed by atoms with Gasteiger partial charge >= 0.3 is 0 Å². The second kappa shape index (κ2) is 7.54. The second-order valence-electron chi connectivity index (χ2n) is 6.57. The molecule has 0 bridgehead atoms. The quantitative estimate of drug-likeness (QED) is 0.891. The van der Waals surface area contributed by atoms with E-state index in [9.17, 15) is 9.18 Å². The highest BCUT2D eigenvalue weighted by molar-refractivity contribution is 5.92. The van der Waals surface area contributed by atoms with Crippen LogP contribution in [0.3, 0.4) is 0 Å². The van der Waals surface area contributed by atoms with Crippen molar-refractivity contribution >= 4 is 18.3 Å². The second-order valence-corrected chi connectivity index (χ2v) is 6.57. The third-order valence-electron chi connectivity index (χ3n) is 4.94. The standard InChI is InChI=1S/C18H21FN4O.ClH/c19-15-4-3-14-12-22(8-5-13(14)10-15)18(24)17-6-9-23(21-17)16-2-1-7-20-11-16;/h3-4,6,9-10,16,20H,1-2,5,7-8,11-12H2;1H. The number of hydrogen-bond acceptors (Lipinski definition) is 3. The van der Waals surface area contributed by atoms with E-state index in [1.165, 1.54) is 6.07 Å². The molecule has 7 heteroatoms. The van der Waals surface area contributed by atoms with Crippen LogP contribution in [0.1, 0.15) is 40.5 Å². The Balaban J connectivity index is 0.00000182. The molecule has 2 aromatic rings. The van der Waals surface area contributed by atoms with E-state index in [1.54, 1.807) is 23.1 Å². The van der Waals surface area contributed by atoms with Crippen LogP contribution in [0.25, 0.3) is 0 Å². The zero-order valence-electron chi connectivity index (χ0n) is 13.9. The number of amides is 1. The normalized spacial score (nSPS) is 19.9. The molecule has 0 radical (unpaired) electrons. The molecule has 1 atom stereocenters. The van der Waals surface area contributed by atoms with Crippen LogP contribution in [-0.2, 0) is 13.0 Å². The van der Waals surface area contributed by atoms with Gasteiger partial charge in [0, 0.05) is 25.8 Å². The number of nitrogens with one attached hydrogen (secondary N) is 1. The number of fused-ring (bicyclic) bond motifs is 1. The monoisotopic (exact) mass is 364 g/mol. The van der Waals surface area contributed by atoms with Crippen molar-refractivity contribution in [2.45, 2.75) is 31.8 Å². The topological polar surface area (TPSA) is 50.2 Å². The molecular formula is C18H22ClFN4O. The highest BCUT2D eigenvalue weighted by Gasteiger charge is 2.24. The number of benzene rings is 1. The van der Waals surface area contributed by atoms with E-state index < -0.39 is 0 Å². The molecule has 2 aliphatic heterocycles. The average Bonchev–Trinajstić information content (AvgIpc) is 3.11. The van der Waals surface area contributed by atoms with Crippen LogP contribution in [0.2, 0.25) is 0 Å². The molecule has 1 aromatic carbocycles. The zero-order valence-corrected chi connectivity index (χ0v) is 14.8. The van der Waals surface area contributed by atoms with E-state index in [1.807, 2.05) is 10.9 Å². The lowest BCUT2D eigenvalue weighted by atomic mass is 9.99. The van der Waals surface area contributed by atoms with Crippen molar-refractivity contribution in [2.24, 2.45) is 0 Å². The number of aromatic nitrogens is 2. The van der Waals surface area contributed by atoms with E-state index in [0.29, 0.717) is 31.2 Å². The first-order valence-corrected chi connectivity index (χ1v) is 8.53. The van der Waals surface area contributed by atoms with Crippen LogP contribution in [0, 0.1) is 5.82 Å². The van der Waals surface area contributed by atoms with Gasteiger partial charge in [-0.3, -0.25) is 9.48 Å². The fourth-order valence-corrected chi connectivity index (χ4v) is 3.57. The molecular weight excluding hydrogens is 343 g/mol. The molecule has 1 fully saturated rings. The Labute approximate surface area is 152 Å². The van der Waals surface area contributed by atoms with Crippen LogP contribution in [0.15, 0.2) is 30.5 Å². The maximum absolute atomic E-state index is 13.3. The molecule has 1 aromatic heterocycles. The summed E-state index contributed by atoms with van der Waals surface area (Å²) in [6.45, 7) is 3.08. The molecule has 0 spiro atoms. The molecule has 1 N–H and O–H groups in total. The molecule has 0 saturated carbocycles. The lowest BCUT2D eigenvalue weighted by molar-refractivity contribution is 0.0727. The van der Waals surface area contributed by atoms with Gasteiger partial charge in [-0.05, 0) is 55.1 Å². The first kappa shape index (κ1) is 17.9. The van der Waals surface area contributed by atoms with Gasteiger partial charge in [0.1, 0.15) is 11.5 Å². The van der Waals surface area contributed by atoms with Crippen molar-refractivity contribution in [3.8, 4) is 0 Å². The first-order valence-electron chi connectivity index (χ1n) is 8.53. The fourth-order valence-electron chi connectivity index (χ4n) is 3.57. The highest BCUT2D eigenvalue weighted by atomic mass is 35.5. The Morgan fingerprint density at radius 3 is 2.96 bits per heavy atom. The van der Waals surface area contributed by atoms with Gasteiger partial charge < -0.3 is 10.2 Å². The summed E-state index contributed by atoms with van der Waals surface area (Å²) in [7, 11) is 0. The van der Waals surface area contributed by atoms with Crippen molar-refractivity contribution < 1.29 is 9.18 Å². The van der Waals surface area contributed by atoms with E-state index in [-0.39, 0.29) is 24.1 Å². The lowest BCUT2D eigenvalue weighted by Gasteiger charge is -2.28. The molecule has 5 nitrogen and oxygen atoms in total. The van der Waals surface area contributed by atoms with Crippen molar-refractivity contribution in [3.63, 3.8) is 0 Å². The molecule has 2 aliphatic rings. The van der Waals surface area contributed by atoms with Gasteiger partial charge in [-0.1, -0.05) is 6.07 Å². The van der Waals surface area contributed by atoms with E-state index in [4.69, 9.17) is 0 Å². The van der Waals surface area contributed by atoms with E-state index >= 15 is 0 Å². The molecule has 1 unspecified atom stereocenters. The smallest absolute Gasteiger partial charge is 0.274 e. The number of piperidine rings is 1. The number of nitrogens with zero attached hydrogens (tertiary/aromatic N) is 3. The Bertz CT molecular complexity index is 757. The summed E-state index contributed by atoms with van der Waals surface area (Å²) in [5.74, 6) is -0.263. The van der Waals surface area contributed by atoms with E-state index in [2.05, 4.69) is 10.4 Å². The van der Waals surface area contributed by atoms with Gasteiger partial charge in [0.15, 0.2) is 0 Å². The lowest BCUT2D eigenvalue weighted by Crippen LogP contribution is -2.36. The van der Waals surface area contributed by atoms with Gasteiger partial charge in [-0.25, -0.2) is 4.39 Å². The average molecular weight is 365 g/mol. The van der Waals surface area contributed by atoms with Crippen molar-refractivity contribution in [1.29, 1.82) is 0 Å². The van der Waals surface area contributed by atoms with Crippen molar-refractivity contribution in [1.82, 2.24) is 20.0 Å². The van der Waals surface area contributed by atoms with Crippen LogP contribution >= 0.6 is 12.4 Å². The summed E-state index contributed by atoms with van der Waals surface area (Å²) >= 11 is 0. The largest absolute Gasteiger partial charge is 0.333 e. The Hall–Kier alpha value is -1.92. The number of carbonyl (C=O) groups excluding carboxylic acids is 1. The van der Waals surface area contributed by atoms with Gasteiger partial charge in [-0.15, -0.1) is 12.4 Å². The van der Waals surface area contributed by atoms with Crippen molar-refractivity contribution in [3.05, 3.63) is 53.1 Å². The summed E-state index contributed by atoms with van der Waals surface area (Å²) in [4.78, 5) is 14.5. The van der Waals surface area contributed by atoms with E-state index in [0.717, 1.165) is 37.1 Å². The van der Waals surface area contributed by atoms with Gasteiger partial charge in [-0.2, -0.15) is 5.10 Å². The number of rotatable bonds is 2. The Kier molecular flexibility index (Phi) is 5.39. The summed E-state index contributed by atoms with van der Waals surface area (Å²) in [6, 6.07) is 6.93. The Morgan fingerprint density at radius 2 is 2.16 bits per heavy atom. The first-order chi connectivity index (χ1) is 11.7. The SMILES string of the molecule is Cl.O=C(c1ccn(C2CCCNC2)n1)N1CCc2cc(F)ccc2C1. The summed E-state index contributed by atoms with van der Waals surface area (Å²) < 4.78 is 15.2. The maximum Gasteiger partial charge on any atom is 0.274 e.